The highest BCUT2D eigenvalue weighted by Gasteiger charge is 2.06. The van der Waals surface area contributed by atoms with Gasteiger partial charge in [-0.2, -0.15) is 5.26 Å². The first kappa shape index (κ1) is 15.3. The summed E-state index contributed by atoms with van der Waals surface area (Å²) >= 11 is 0. The molecule has 0 saturated carbocycles. The molecular weight excluding hydrogens is 282 g/mol. The maximum Gasteiger partial charge on any atom is 0.119 e. The van der Waals surface area contributed by atoms with E-state index in [4.69, 9.17) is 10.00 Å². The van der Waals surface area contributed by atoms with Gasteiger partial charge in [0, 0.05) is 4.90 Å². The minimum absolute atomic E-state index is 0.400. The van der Waals surface area contributed by atoms with Gasteiger partial charge in [0.05, 0.1) is 29.0 Å². The monoisotopic (exact) mass is 299 g/mol. The van der Waals surface area contributed by atoms with Gasteiger partial charge in [0.1, 0.15) is 12.4 Å². The molecule has 0 heterocycles. The van der Waals surface area contributed by atoms with Crippen LogP contribution in [0.5, 0.6) is 5.75 Å². The Hall–Kier alpha value is -2.12. The van der Waals surface area contributed by atoms with Crippen molar-refractivity contribution >= 4 is 10.8 Å². The van der Waals surface area contributed by atoms with Crippen LogP contribution in [-0.4, -0.2) is 16.6 Å². The molecule has 21 heavy (non-hydrogen) atoms. The van der Waals surface area contributed by atoms with Gasteiger partial charge in [0.15, 0.2) is 0 Å². The van der Waals surface area contributed by atoms with Crippen molar-refractivity contribution in [3.8, 4) is 11.8 Å². The van der Waals surface area contributed by atoms with Crippen LogP contribution in [0.25, 0.3) is 0 Å². The first-order valence-electron chi connectivity index (χ1n) is 6.73. The van der Waals surface area contributed by atoms with Gasteiger partial charge in [-0.25, -0.2) is 0 Å². The molecule has 0 radical (unpaired) electrons. The summed E-state index contributed by atoms with van der Waals surface area (Å²) in [4.78, 5) is 0.866. The first-order valence-corrected chi connectivity index (χ1v) is 8.05. The number of hydrogen-bond acceptors (Lipinski definition) is 3. The van der Waals surface area contributed by atoms with E-state index < -0.39 is 10.8 Å². The van der Waals surface area contributed by atoms with Crippen LogP contribution in [0.4, 0.5) is 0 Å². The summed E-state index contributed by atoms with van der Waals surface area (Å²) in [7, 11) is -1.04. The standard InChI is InChI=1S/C17H17NO2S/c1-14-4-2-3-5-17(14)21(19)13-12-20-16-8-6-15(7-9-16)10-11-18/h2-9H,10,12-13H2,1H3. The van der Waals surface area contributed by atoms with Crippen molar-refractivity contribution in [1.82, 2.24) is 0 Å². The molecule has 0 spiro atoms. The van der Waals surface area contributed by atoms with Crippen molar-refractivity contribution in [1.29, 1.82) is 5.26 Å². The van der Waals surface area contributed by atoms with E-state index in [0.717, 1.165) is 21.8 Å². The smallest absolute Gasteiger partial charge is 0.119 e. The summed E-state index contributed by atoms with van der Waals surface area (Å²) in [5, 5.41) is 8.61. The number of hydrogen-bond donors (Lipinski definition) is 0. The second-order valence-electron chi connectivity index (χ2n) is 4.64. The second-order valence-corrected chi connectivity index (χ2v) is 6.18. The van der Waals surface area contributed by atoms with Crippen molar-refractivity contribution in [3.63, 3.8) is 0 Å². The van der Waals surface area contributed by atoms with Gasteiger partial charge < -0.3 is 4.74 Å². The van der Waals surface area contributed by atoms with Gasteiger partial charge in [-0.05, 0) is 36.2 Å². The summed E-state index contributed by atoms with van der Waals surface area (Å²) in [6, 6.07) is 17.2. The summed E-state index contributed by atoms with van der Waals surface area (Å²) in [5.41, 5.74) is 2.00. The van der Waals surface area contributed by atoms with Crippen molar-refractivity contribution in [3.05, 3.63) is 59.7 Å². The van der Waals surface area contributed by atoms with Crippen LogP contribution in [0.3, 0.4) is 0 Å². The highest BCUT2D eigenvalue weighted by atomic mass is 32.2. The Morgan fingerprint density at radius 1 is 1.14 bits per heavy atom. The Morgan fingerprint density at radius 3 is 2.52 bits per heavy atom. The fourth-order valence-corrected chi connectivity index (χ4v) is 3.06. The maximum absolute atomic E-state index is 12.2. The third-order valence-electron chi connectivity index (χ3n) is 3.08. The van der Waals surface area contributed by atoms with E-state index in [0.29, 0.717) is 18.8 Å². The van der Waals surface area contributed by atoms with E-state index in [2.05, 4.69) is 6.07 Å². The molecule has 4 heteroatoms. The largest absolute Gasteiger partial charge is 0.493 e. The third-order valence-corrected chi connectivity index (χ3v) is 4.57. The molecule has 0 aliphatic rings. The Morgan fingerprint density at radius 2 is 1.86 bits per heavy atom. The van der Waals surface area contributed by atoms with E-state index in [9.17, 15) is 4.21 Å². The lowest BCUT2D eigenvalue weighted by atomic mass is 10.2. The zero-order valence-corrected chi connectivity index (χ0v) is 12.7. The first-order chi connectivity index (χ1) is 10.2. The van der Waals surface area contributed by atoms with Crippen LogP contribution in [0, 0.1) is 18.3 Å². The van der Waals surface area contributed by atoms with Crippen LogP contribution in [-0.2, 0) is 17.2 Å². The van der Waals surface area contributed by atoms with Crippen LogP contribution in [0.1, 0.15) is 11.1 Å². The zero-order valence-electron chi connectivity index (χ0n) is 11.9. The zero-order chi connectivity index (χ0) is 15.1. The van der Waals surface area contributed by atoms with Gasteiger partial charge in [0.25, 0.3) is 0 Å². The molecule has 108 valence electrons. The lowest BCUT2D eigenvalue weighted by Gasteiger charge is -2.08. The van der Waals surface area contributed by atoms with Crippen molar-refractivity contribution in [2.45, 2.75) is 18.2 Å². The molecule has 0 N–H and O–H groups in total. The molecule has 2 aromatic carbocycles. The minimum Gasteiger partial charge on any atom is -0.493 e. The second kappa shape index (κ2) is 7.61. The Bertz CT molecular complexity index is 659. The van der Waals surface area contributed by atoms with Crippen LogP contribution in [0.15, 0.2) is 53.4 Å². The molecule has 0 aliphatic carbocycles. The normalized spacial score (nSPS) is 11.6. The lowest BCUT2D eigenvalue weighted by Crippen LogP contribution is -2.09. The molecule has 1 atom stereocenters. The Kier molecular flexibility index (Phi) is 5.53. The van der Waals surface area contributed by atoms with Gasteiger partial charge in [-0.1, -0.05) is 30.3 Å². The molecule has 0 amide bonds. The average molecular weight is 299 g/mol. The molecule has 0 bridgehead atoms. The number of ether oxygens (including phenoxy) is 1. The van der Waals surface area contributed by atoms with Gasteiger partial charge >= 0.3 is 0 Å². The molecule has 2 aromatic rings. The number of rotatable bonds is 6. The van der Waals surface area contributed by atoms with Crippen LogP contribution in [0.2, 0.25) is 0 Å². The lowest BCUT2D eigenvalue weighted by molar-refractivity contribution is 0.342. The van der Waals surface area contributed by atoms with Crippen molar-refractivity contribution in [2.75, 3.05) is 12.4 Å². The fraction of sp³-hybridized carbons (Fsp3) is 0.235. The van der Waals surface area contributed by atoms with Crippen LogP contribution >= 0.6 is 0 Å². The van der Waals surface area contributed by atoms with Crippen molar-refractivity contribution < 1.29 is 8.95 Å². The highest BCUT2D eigenvalue weighted by Crippen LogP contribution is 2.14. The number of benzene rings is 2. The van der Waals surface area contributed by atoms with E-state index in [1.807, 2.05) is 55.5 Å². The summed E-state index contributed by atoms with van der Waals surface area (Å²) in [6.07, 6.45) is 0.400. The molecule has 3 nitrogen and oxygen atoms in total. The fourth-order valence-electron chi connectivity index (χ4n) is 1.95. The Balaban J connectivity index is 1.85. The van der Waals surface area contributed by atoms with E-state index >= 15 is 0 Å². The summed E-state index contributed by atoms with van der Waals surface area (Å²) in [5.74, 6) is 1.20. The molecule has 0 fully saturated rings. The quantitative estimate of drug-likeness (QED) is 0.822. The molecular formula is C17H17NO2S. The summed E-state index contributed by atoms with van der Waals surface area (Å²) in [6.45, 7) is 2.36. The molecule has 0 saturated heterocycles. The number of nitriles is 1. The van der Waals surface area contributed by atoms with E-state index in [-0.39, 0.29) is 0 Å². The van der Waals surface area contributed by atoms with Crippen molar-refractivity contribution in [2.24, 2.45) is 0 Å². The molecule has 1 unspecified atom stereocenters. The van der Waals surface area contributed by atoms with E-state index in [1.165, 1.54) is 0 Å². The van der Waals surface area contributed by atoms with Crippen LogP contribution < -0.4 is 4.74 Å². The molecule has 2 rings (SSSR count). The predicted molar refractivity (Wildman–Crippen MR) is 83.7 cm³/mol. The van der Waals surface area contributed by atoms with Gasteiger partial charge in [-0.3, -0.25) is 4.21 Å². The van der Waals surface area contributed by atoms with Gasteiger partial charge in [0.2, 0.25) is 0 Å². The number of nitrogens with zero attached hydrogens (tertiary/aromatic N) is 1. The average Bonchev–Trinajstić information content (AvgIpc) is 2.49. The van der Waals surface area contributed by atoms with E-state index in [1.54, 1.807) is 0 Å². The topological polar surface area (TPSA) is 50.1 Å². The maximum atomic E-state index is 12.2. The summed E-state index contributed by atoms with van der Waals surface area (Å²) < 4.78 is 17.8. The predicted octanol–water partition coefficient (Wildman–Crippen LogP) is 3.25. The molecule has 0 aliphatic heterocycles. The Labute approximate surface area is 127 Å². The highest BCUT2D eigenvalue weighted by molar-refractivity contribution is 7.85. The number of aryl methyl sites for hydroxylation is 1. The van der Waals surface area contributed by atoms with Gasteiger partial charge in [-0.15, -0.1) is 0 Å². The third kappa shape index (κ3) is 4.44. The molecule has 0 aromatic heterocycles. The SMILES string of the molecule is Cc1ccccc1S(=O)CCOc1ccc(CC#N)cc1. The minimum atomic E-state index is -1.04.